The van der Waals surface area contributed by atoms with Crippen LogP contribution in [-0.4, -0.2) is 31.8 Å². The van der Waals surface area contributed by atoms with Gasteiger partial charge in [0.1, 0.15) is 5.75 Å². The van der Waals surface area contributed by atoms with Crippen LogP contribution in [-0.2, 0) is 16.0 Å². The lowest BCUT2D eigenvalue weighted by atomic mass is 9.94. The molecule has 0 aliphatic carbocycles. The van der Waals surface area contributed by atoms with Crippen LogP contribution in [0.3, 0.4) is 0 Å². The monoisotopic (exact) mass is 313 g/mol. The summed E-state index contributed by atoms with van der Waals surface area (Å²) in [6.45, 7) is 3.42. The van der Waals surface area contributed by atoms with Gasteiger partial charge >= 0.3 is 0 Å². The number of rotatable bonds is 4. The number of fused-ring (bicyclic) bond motifs is 1. The van der Waals surface area contributed by atoms with Crippen molar-refractivity contribution in [2.24, 2.45) is 0 Å². The Morgan fingerprint density at radius 3 is 2.96 bits per heavy atom. The molecule has 0 spiro atoms. The standard InChI is InChI=1S/C19H23NO3/c1-19(9-4-10-23-13-19)20-18(21)11-15-6-3-5-14-7-8-16(22-2)12-17(14)15/h3,5-8,12H,4,9-11,13H2,1-2H3,(H,20,21)/t19-/m1/s1. The van der Waals surface area contributed by atoms with Crippen molar-refractivity contribution in [1.29, 1.82) is 0 Å². The molecule has 2 aromatic carbocycles. The van der Waals surface area contributed by atoms with E-state index in [-0.39, 0.29) is 11.4 Å². The second-order valence-electron chi connectivity index (χ2n) is 6.45. The predicted octanol–water partition coefficient (Wildman–Crippen LogP) is 3.08. The highest BCUT2D eigenvalue weighted by Gasteiger charge is 2.29. The Bertz CT molecular complexity index is 705. The van der Waals surface area contributed by atoms with Gasteiger partial charge in [-0.25, -0.2) is 0 Å². The van der Waals surface area contributed by atoms with Crippen LogP contribution in [0.25, 0.3) is 10.8 Å². The number of carbonyl (C=O) groups excluding carboxylic acids is 1. The third kappa shape index (κ3) is 3.64. The molecule has 1 atom stereocenters. The molecule has 122 valence electrons. The van der Waals surface area contributed by atoms with Crippen molar-refractivity contribution < 1.29 is 14.3 Å². The van der Waals surface area contributed by atoms with E-state index in [0.717, 1.165) is 41.5 Å². The predicted molar refractivity (Wildman–Crippen MR) is 90.8 cm³/mol. The Balaban J connectivity index is 1.79. The zero-order chi connectivity index (χ0) is 16.3. The summed E-state index contributed by atoms with van der Waals surface area (Å²) in [5, 5.41) is 5.32. The van der Waals surface area contributed by atoms with Gasteiger partial charge in [-0.1, -0.05) is 24.3 Å². The molecule has 0 radical (unpaired) electrons. The molecule has 1 fully saturated rings. The highest BCUT2D eigenvalue weighted by atomic mass is 16.5. The summed E-state index contributed by atoms with van der Waals surface area (Å²) >= 11 is 0. The Morgan fingerprint density at radius 2 is 2.22 bits per heavy atom. The number of hydrogen-bond acceptors (Lipinski definition) is 3. The Labute approximate surface area is 136 Å². The maximum Gasteiger partial charge on any atom is 0.224 e. The second kappa shape index (κ2) is 6.59. The quantitative estimate of drug-likeness (QED) is 0.943. The van der Waals surface area contributed by atoms with Crippen LogP contribution >= 0.6 is 0 Å². The fraction of sp³-hybridized carbons (Fsp3) is 0.421. The molecule has 3 rings (SSSR count). The normalized spacial score (nSPS) is 21.1. The van der Waals surface area contributed by atoms with E-state index in [1.54, 1.807) is 7.11 Å². The Kier molecular flexibility index (Phi) is 4.53. The zero-order valence-electron chi connectivity index (χ0n) is 13.7. The van der Waals surface area contributed by atoms with Crippen molar-refractivity contribution in [3.63, 3.8) is 0 Å². The zero-order valence-corrected chi connectivity index (χ0v) is 13.7. The van der Waals surface area contributed by atoms with Crippen molar-refractivity contribution in [2.75, 3.05) is 20.3 Å². The number of hydrogen-bond donors (Lipinski definition) is 1. The van der Waals surface area contributed by atoms with Crippen molar-refractivity contribution in [2.45, 2.75) is 31.7 Å². The highest BCUT2D eigenvalue weighted by Crippen LogP contribution is 2.25. The van der Waals surface area contributed by atoms with Crippen LogP contribution in [0.2, 0.25) is 0 Å². The molecule has 1 N–H and O–H groups in total. The molecule has 0 unspecified atom stereocenters. The van der Waals surface area contributed by atoms with Gasteiger partial charge in [0.2, 0.25) is 5.91 Å². The fourth-order valence-corrected chi connectivity index (χ4v) is 3.18. The van der Waals surface area contributed by atoms with Gasteiger partial charge in [-0.15, -0.1) is 0 Å². The molecule has 4 heteroatoms. The highest BCUT2D eigenvalue weighted by molar-refractivity contribution is 5.91. The van der Waals surface area contributed by atoms with Gasteiger partial charge < -0.3 is 14.8 Å². The second-order valence-corrected chi connectivity index (χ2v) is 6.45. The molecule has 1 aliphatic heterocycles. The van der Waals surface area contributed by atoms with Crippen molar-refractivity contribution in [3.8, 4) is 5.75 Å². The van der Waals surface area contributed by atoms with E-state index in [9.17, 15) is 4.79 Å². The number of carbonyl (C=O) groups is 1. The largest absolute Gasteiger partial charge is 0.497 e. The van der Waals surface area contributed by atoms with Crippen LogP contribution in [0, 0.1) is 0 Å². The van der Waals surface area contributed by atoms with E-state index in [4.69, 9.17) is 9.47 Å². The van der Waals surface area contributed by atoms with Crippen LogP contribution in [0.5, 0.6) is 5.75 Å². The molecular weight excluding hydrogens is 290 g/mol. The first kappa shape index (κ1) is 15.8. The number of benzene rings is 2. The topological polar surface area (TPSA) is 47.6 Å². The molecule has 0 bridgehead atoms. The van der Waals surface area contributed by atoms with Crippen LogP contribution in [0.1, 0.15) is 25.3 Å². The first-order valence-electron chi connectivity index (χ1n) is 8.04. The summed E-state index contributed by atoms with van der Waals surface area (Å²) in [5.74, 6) is 0.839. The summed E-state index contributed by atoms with van der Waals surface area (Å²) in [5.41, 5.74) is 0.761. The van der Waals surface area contributed by atoms with Gasteiger partial charge in [-0.2, -0.15) is 0 Å². The third-order valence-electron chi connectivity index (χ3n) is 4.41. The summed E-state index contributed by atoms with van der Waals surface area (Å²) in [7, 11) is 1.65. The van der Waals surface area contributed by atoms with Crippen molar-refractivity contribution >= 4 is 16.7 Å². The molecule has 1 saturated heterocycles. The van der Waals surface area contributed by atoms with Crippen LogP contribution < -0.4 is 10.1 Å². The molecule has 23 heavy (non-hydrogen) atoms. The van der Waals surface area contributed by atoms with E-state index in [0.29, 0.717) is 13.0 Å². The minimum atomic E-state index is -0.252. The molecule has 1 heterocycles. The molecule has 1 amide bonds. The Hall–Kier alpha value is -2.07. The van der Waals surface area contributed by atoms with Crippen molar-refractivity contribution in [3.05, 3.63) is 42.0 Å². The molecule has 2 aromatic rings. The molecule has 4 nitrogen and oxygen atoms in total. The van der Waals surface area contributed by atoms with Gasteiger partial charge in [0, 0.05) is 6.61 Å². The first-order valence-corrected chi connectivity index (χ1v) is 8.04. The fourth-order valence-electron chi connectivity index (χ4n) is 3.18. The summed E-state index contributed by atoms with van der Waals surface area (Å²) < 4.78 is 10.8. The summed E-state index contributed by atoms with van der Waals surface area (Å²) in [6.07, 6.45) is 2.31. The van der Waals surface area contributed by atoms with Gasteiger partial charge in [0.25, 0.3) is 0 Å². The van der Waals surface area contributed by atoms with E-state index in [1.165, 1.54) is 0 Å². The molecule has 0 saturated carbocycles. The van der Waals surface area contributed by atoms with Gasteiger partial charge in [-0.3, -0.25) is 4.79 Å². The SMILES string of the molecule is COc1ccc2cccc(CC(=O)N[C@]3(C)CCCOC3)c2c1. The number of nitrogens with one attached hydrogen (secondary N) is 1. The molecule has 0 aromatic heterocycles. The average Bonchev–Trinajstić information content (AvgIpc) is 2.55. The first-order chi connectivity index (χ1) is 11.1. The lowest BCUT2D eigenvalue weighted by Gasteiger charge is -2.34. The van der Waals surface area contributed by atoms with E-state index in [1.807, 2.05) is 36.4 Å². The molecule has 1 aliphatic rings. The van der Waals surface area contributed by atoms with Crippen molar-refractivity contribution in [1.82, 2.24) is 5.32 Å². The van der Waals surface area contributed by atoms with Gasteiger partial charge in [-0.05, 0) is 48.2 Å². The smallest absolute Gasteiger partial charge is 0.224 e. The van der Waals surface area contributed by atoms with Crippen LogP contribution in [0.4, 0.5) is 0 Å². The van der Waals surface area contributed by atoms with Gasteiger partial charge in [0.05, 0.1) is 25.7 Å². The average molecular weight is 313 g/mol. The van der Waals surface area contributed by atoms with E-state index >= 15 is 0 Å². The lowest BCUT2D eigenvalue weighted by Crippen LogP contribution is -2.52. The van der Waals surface area contributed by atoms with Gasteiger partial charge in [0.15, 0.2) is 0 Å². The minimum absolute atomic E-state index is 0.0355. The lowest BCUT2D eigenvalue weighted by molar-refractivity contribution is -0.123. The Morgan fingerprint density at radius 1 is 1.35 bits per heavy atom. The summed E-state index contributed by atoms with van der Waals surface area (Å²) in [4.78, 5) is 12.5. The third-order valence-corrected chi connectivity index (χ3v) is 4.41. The number of ether oxygens (including phenoxy) is 2. The number of methoxy groups -OCH3 is 1. The summed E-state index contributed by atoms with van der Waals surface area (Å²) in [6, 6.07) is 12.0. The molecular formula is C19H23NO3. The maximum atomic E-state index is 12.5. The number of amides is 1. The van der Waals surface area contributed by atoms with E-state index in [2.05, 4.69) is 12.2 Å². The van der Waals surface area contributed by atoms with E-state index < -0.39 is 0 Å². The van der Waals surface area contributed by atoms with Crippen LogP contribution in [0.15, 0.2) is 36.4 Å². The maximum absolute atomic E-state index is 12.5. The minimum Gasteiger partial charge on any atom is -0.497 e.